The van der Waals surface area contributed by atoms with Crippen molar-refractivity contribution in [1.29, 1.82) is 0 Å². The molecule has 2 aromatic carbocycles. The van der Waals surface area contributed by atoms with Crippen molar-refractivity contribution in [3.05, 3.63) is 59.7 Å². The molecule has 0 atom stereocenters. The number of benzene rings is 2. The van der Waals surface area contributed by atoms with Crippen LogP contribution in [-0.2, 0) is 0 Å². The minimum absolute atomic E-state index is 0.690. The van der Waals surface area contributed by atoms with Crippen LogP contribution in [0.5, 0.6) is 5.75 Å². The van der Waals surface area contributed by atoms with E-state index in [1.54, 1.807) is 0 Å². The highest BCUT2D eigenvalue weighted by molar-refractivity contribution is 7.99. The van der Waals surface area contributed by atoms with Gasteiger partial charge in [-0.05, 0) is 48.7 Å². The maximum absolute atomic E-state index is 5.69. The van der Waals surface area contributed by atoms with Crippen molar-refractivity contribution >= 4 is 17.3 Å². The van der Waals surface area contributed by atoms with Crippen LogP contribution >= 0.6 is 11.8 Å². The molecule has 0 aliphatic carbocycles. The fraction of sp³-hybridized carbons (Fsp3) is 0.176. The van der Waals surface area contributed by atoms with Crippen LogP contribution < -0.4 is 4.74 Å². The van der Waals surface area contributed by atoms with Gasteiger partial charge in [0.25, 0.3) is 0 Å². The molecule has 0 saturated heterocycles. The van der Waals surface area contributed by atoms with Crippen molar-refractivity contribution in [2.45, 2.75) is 23.6 Å². The third-order valence-electron chi connectivity index (χ3n) is 3.41. The maximum Gasteiger partial charge on any atom is 0.122 e. The van der Waals surface area contributed by atoms with Gasteiger partial charge in [-0.25, -0.2) is 0 Å². The van der Waals surface area contributed by atoms with Gasteiger partial charge in [0.2, 0.25) is 0 Å². The Hall–Kier alpha value is -1.67. The summed E-state index contributed by atoms with van der Waals surface area (Å²) in [6.07, 6.45) is 0. The van der Waals surface area contributed by atoms with Crippen molar-refractivity contribution in [3.8, 4) is 5.75 Å². The van der Waals surface area contributed by atoms with Gasteiger partial charge in [0.15, 0.2) is 0 Å². The second-order valence-electron chi connectivity index (χ2n) is 4.57. The van der Waals surface area contributed by atoms with Gasteiger partial charge >= 0.3 is 0 Å². The summed E-state index contributed by atoms with van der Waals surface area (Å²) in [4.78, 5) is 2.55. The maximum atomic E-state index is 5.69. The fourth-order valence-electron chi connectivity index (χ4n) is 2.50. The Morgan fingerprint density at radius 1 is 1.11 bits per heavy atom. The van der Waals surface area contributed by atoms with Gasteiger partial charge in [-0.15, -0.1) is 0 Å². The van der Waals surface area contributed by atoms with Crippen molar-refractivity contribution in [2.24, 2.45) is 0 Å². The summed E-state index contributed by atoms with van der Waals surface area (Å²) in [5.41, 5.74) is 4.75. The quantitative estimate of drug-likeness (QED) is 0.652. The molecule has 0 N–H and O–H groups in total. The van der Waals surface area contributed by atoms with E-state index in [4.69, 9.17) is 4.74 Å². The summed E-state index contributed by atoms with van der Waals surface area (Å²) in [7, 11) is 0. The molecule has 96 valence electrons. The van der Waals surface area contributed by atoms with Gasteiger partial charge in [0.05, 0.1) is 6.61 Å². The zero-order valence-corrected chi connectivity index (χ0v) is 12.0. The molecule has 19 heavy (non-hydrogen) atoms. The number of rotatable bonds is 2. The lowest BCUT2D eigenvalue weighted by atomic mass is 9.94. The lowest BCUT2D eigenvalue weighted by Crippen LogP contribution is -2.03. The average Bonchev–Trinajstić information content (AvgIpc) is 2.42. The summed E-state index contributed by atoms with van der Waals surface area (Å²) in [6, 6.07) is 12.6. The normalized spacial score (nSPS) is 12.8. The molecule has 1 nitrogen and oxygen atoms in total. The van der Waals surface area contributed by atoms with Crippen LogP contribution in [0, 0.1) is 6.92 Å². The van der Waals surface area contributed by atoms with Crippen molar-refractivity contribution < 1.29 is 4.74 Å². The molecule has 2 aromatic rings. The summed E-state index contributed by atoms with van der Waals surface area (Å²) < 4.78 is 5.69. The van der Waals surface area contributed by atoms with Crippen molar-refractivity contribution in [3.63, 3.8) is 0 Å². The van der Waals surface area contributed by atoms with E-state index in [0.717, 1.165) is 11.3 Å². The summed E-state index contributed by atoms with van der Waals surface area (Å²) in [5, 5.41) is 0. The molecule has 0 amide bonds. The second kappa shape index (κ2) is 4.78. The Bertz CT molecular complexity index is 658. The van der Waals surface area contributed by atoms with E-state index in [9.17, 15) is 0 Å². The van der Waals surface area contributed by atoms with Gasteiger partial charge in [-0.2, -0.15) is 0 Å². The summed E-state index contributed by atoms with van der Waals surface area (Å²) >= 11 is 1.81. The average molecular weight is 268 g/mol. The third kappa shape index (κ3) is 1.96. The minimum atomic E-state index is 0.690. The number of fused-ring (bicyclic) bond motifs is 2. The molecule has 0 fully saturated rings. The predicted octanol–water partition coefficient (Wildman–Crippen LogP) is 4.92. The second-order valence-corrected chi connectivity index (χ2v) is 5.66. The van der Waals surface area contributed by atoms with Crippen LogP contribution in [0.3, 0.4) is 0 Å². The Morgan fingerprint density at radius 3 is 2.68 bits per heavy atom. The smallest absolute Gasteiger partial charge is 0.122 e. The van der Waals surface area contributed by atoms with Crippen LogP contribution in [0.2, 0.25) is 0 Å². The van der Waals surface area contributed by atoms with E-state index in [1.807, 2.05) is 18.7 Å². The molecular weight excluding hydrogens is 252 g/mol. The molecule has 2 heteroatoms. The minimum Gasteiger partial charge on any atom is -0.494 e. The highest BCUT2D eigenvalue weighted by atomic mass is 32.2. The Balaban J connectivity index is 2.16. The third-order valence-corrected chi connectivity index (χ3v) is 4.55. The largest absolute Gasteiger partial charge is 0.494 e. The topological polar surface area (TPSA) is 9.23 Å². The predicted molar refractivity (Wildman–Crippen MR) is 81.0 cm³/mol. The Labute approximate surface area is 118 Å². The summed E-state index contributed by atoms with van der Waals surface area (Å²) in [6.45, 7) is 9.11. The van der Waals surface area contributed by atoms with Crippen LogP contribution in [-0.4, -0.2) is 6.61 Å². The standard InChI is InChI=1S/C17H16OS/c1-4-18-14-9-10-16-17(12(14)3)11(2)13-7-5-6-8-15(13)19-16/h5-10H,2,4H2,1,3H3. The molecule has 0 radical (unpaired) electrons. The van der Waals surface area contributed by atoms with Crippen molar-refractivity contribution in [2.75, 3.05) is 6.61 Å². The number of hydrogen-bond acceptors (Lipinski definition) is 2. The summed E-state index contributed by atoms with van der Waals surface area (Å²) in [5.74, 6) is 0.961. The van der Waals surface area contributed by atoms with Crippen LogP contribution in [0.4, 0.5) is 0 Å². The molecule has 1 aliphatic heterocycles. The highest BCUT2D eigenvalue weighted by Crippen LogP contribution is 2.47. The molecule has 1 aliphatic rings. The Kier molecular flexibility index (Phi) is 3.11. The molecule has 0 bridgehead atoms. The molecule has 0 unspecified atom stereocenters. The molecule has 3 rings (SSSR count). The van der Waals surface area contributed by atoms with Crippen LogP contribution in [0.15, 0.2) is 52.8 Å². The zero-order valence-electron chi connectivity index (χ0n) is 11.2. The molecule has 1 heterocycles. The number of hydrogen-bond donors (Lipinski definition) is 0. The lowest BCUT2D eigenvalue weighted by Gasteiger charge is -2.24. The molecule has 0 spiro atoms. The van der Waals surface area contributed by atoms with Gasteiger partial charge in [0, 0.05) is 15.4 Å². The van der Waals surface area contributed by atoms with Crippen molar-refractivity contribution in [1.82, 2.24) is 0 Å². The fourth-order valence-corrected chi connectivity index (χ4v) is 3.70. The van der Waals surface area contributed by atoms with E-state index < -0.39 is 0 Å². The van der Waals surface area contributed by atoms with Crippen LogP contribution in [0.1, 0.15) is 23.6 Å². The molecule has 0 aromatic heterocycles. The first-order chi connectivity index (χ1) is 9.22. The number of ether oxygens (including phenoxy) is 1. The van der Waals surface area contributed by atoms with E-state index >= 15 is 0 Å². The first kappa shape index (κ1) is 12.4. The Morgan fingerprint density at radius 2 is 1.89 bits per heavy atom. The van der Waals surface area contributed by atoms with Gasteiger partial charge in [0.1, 0.15) is 5.75 Å². The molecular formula is C17H16OS. The van der Waals surface area contributed by atoms with E-state index in [-0.39, 0.29) is 0 Å². The van der Waals surface area contributed by atoms with E-state index in [2.05, 4.69) is 49.9 Å². The molecule has 0 saturated carbocycles. The monoisotopic (exact) mass is 268 g/mol. The van der Waals surface area contributed by atoms with E-state index in [1.165, 1.54) is 26.5 Å². The SMILES string of the molecule is C=C1c2ccccc2Sc2ccc(OCC)c(C)c21. The first-order valence-electron chi connectivity index (χ1n) is 6.45. The van der Waals surface area contributed by atoms with E-state index in [0.29, 0.717) is 6.61 Å². The van der Waals surface area contributed by atoms with Gasteiger partial charge in [-0.3, -0.25) is 0 Å². The lowest BCUT2D eigenvalue weighted by molar-refractivity contribution is 0.337. The van der Waals surface area contributed by atoms with Gasteiger partial charge in [-0.1, -0.05) is 36.5 Å². The van der Waals surface area contributed by atoms with Gasteiger partial charge < -0.3 is 4.74 Å². The van der Waals surface area contributed by atoms with Crippen LogP contribution in [0.25, 0.3) is 5.57 Å². The highest BCUT2D eigenvalue weighted by Gasteiger charge is 2.22. The first-order valence-corrected chi connectivity index (χ1v) is 7.27. The zero-order chi connectivity index (χ0) is 13.4.